The summed E-state index contributed by atoms with van der Waals surface area (Å²) in [6, 6.07) is 8.37. The van der Waals surface area contributed by atoms with Gasteiger partial charge in [-0.25, -0.2) is 0 Å². The van der Waals surface area contributed by atoms with E-state index >= 15 is 0 Å². The van der Waals surface area contributed by atoms with E-state index in [4.69, 9.17) is 4.74 Å². The largest absolute Gasteiger partial charge is 0.385 e. The molecule has 1 aromatic carbocycles. The van der Waals surface area contributed by atoms with Gasteiger partial charge in [0.1, 0.15) is 0 Å². The van der Waals surface area contributed by atoms with Gasteiger partial charge in [-0.2, -0.15) is 0 Å². The molecule has 1 aliphatic carbocycles. The maximum absolute atomic E-state index is 11.9. The van der Waals surface area contributed by atoms with E-state index in [1.807, 2.05) is 6.92 Å². The number of hydrogen-bond acceptors (Lipinski definition) is 3. The molecule has 4 heteroatoms. The molecule has 0 spiro atoms. The third-order valence-electron chi connectivity index (χ3n) is 3.85. The van der Waals surface area contributed by atoms with Crippen LogP contribution in [-0.2, 0) is 16.0 Å². The van der Waals surface area contributed by atoms with Crippen LogP contribution in [0.1, 0.15) is 30.4 Å². The smallest absolute Gasteiger partial charge is 0.236 e. The summed E-state index contributed by atoms with van der Waals surface area (Å²) in [5.74, 6) is 0.614. The number of carbonyl (C=O) groups excluding carboxylic acids is 1. The van der Waals surface area contributed by atoms with Crippen LogP contribution in [0.5, 0.6) is 0 Å². The number of rotatable bonds is 8. The molecule has 2 unspecified atom stereocenters. The zero-order valence-corrected chi connectivity index (χ0v) is 12.3. The third kappa shape index (κ3) is 3.81. The molecule has 110 valence electrons. The van der Waals surface area contributed by atoms with Crippen molar-refractivity contribution in [2.24, 2.45) is 0 Å². The summed E-state index contributed by atoms with van der Waals surface area (Å²) in [6.07, 6.45) is 1.97. The molecule has 4 nitrogen and oxygen atoms in total. The lowest BCUT2D eigenvalue weighted by Gasteiger charge is -2.31. The number of hydrogen-bond donors (Lipinski definition) is 2. The van der Waals surface area contributed by atoms with E-state index in [2.05, 4.69) is 34.9 Å². The van der Waals surface area contributed by atoms with E-state index in [0.717, 1.165) is 19.4 Å². The number of carbonyl (C=O) groups is 1. The van der Waals surface area contributed by atoms with Crippen LogP contribution in [-0.4, -0.2) is 38.8 Å². The van der Waals surface area contributed by atoms with E-state index in [1.165, 1.54) is 11.1 Å². The van der Waals surface area contributed by atoms with Gasteiger partial charge in [-0.05, 0) is 30.9 Å². The third-order valence-corrected chi connectivity index (χ3v) is 3.85. The minimum Gasteiger partial charge on any atom is -0.385 e. The Morgan fingerprint density at radius 3 is 3.00 bits per heavy atom. The van der Waals surface area contributed by atoms with Crippen molar-refractivity contribution in [2.45, 2.75) is 31.7 Å². The van der Waals surface area contributed by atoms with Crippen molar-refractivity contribution in [1.29, 1.82) is 0 Å². The number of ether oxygens (including phenoxy) is 1. The summed E-state index contributed by atoms with van der Waals surface area (Å²) in [5, 5.41) is 6.24. The molecule has 2 atom stereocenters. The average molecular weight is 276 g/mol. The maximum Gasteiger partial charge on any atom is 0.236 e. The van der Waals surface area contributed by atoms with Crippen molar-refractivity contribution in [3.05, 3.63) is 35.4 Å². The lowest BCUT2D eigenvalue weighted by atomic mass is 9.77. The highest BCUT2D eigenvalue weighted by molar-refractivity contribution is 5.81. The van der Waals surface area contributed by atoms with Gasteiger partial charge in [0.25, 0.3) is 0 Å². The van der Waals surface area contributed by atoms with Gasteiger partial charge in [0.2, 0.25) is 5.91 Å². The fraction of sp³-hybridized carbons (Fsp3) is 0.562. The molecule has 0 aliphatic heterocycles. The first-order chi connectivity index (χ1) is 9.72. The molecule has 0 heterocycles. The predicted molar refractivity (Wildman–Crippen MR) is 79.9 cm³/mol. The monoisotopic (exact) mass is 276 g/mol. The predicted octanol–water partition coefficient (Wildman–Crippen LogP) is 1.46. The van der Waals surface area contributed by atoms with Crippen molar-refractivity contribution in [2.75, 3.05) is 26.8 Å². The van der Waals surface area contributed by atoms with E-state index in [0.29, 0.717) is 19.1 Å². The zero-order valence-electron chi connectivity index (χ0n) is 12.3. The number of benzene rings is 1. The Hall–Kier alpha value is -1.39. The Labute approximate surface area is 120 Å². The summed E-state index contributed by atoms with van der Waals surface area (Å²) in [5.41, 5.74) is 2.86. The van der Waals surface area contributed by atoms with Crippen molar-refractivity contribution >= 4 is 5.91 Å². The summed E-state index contributed by atoms with van der Waals surface area (Å²) in [6.45, 7) is 4.13. The van der Waals surface area contributed by atoms with Crippen LogP contribution in [0.15, 0.2) is 24.3 Å². The summed E-state index contributed by atoms with van der Waals surface area (Å²) in [7, 11) is 1.67. The number of fused-ring (bicyclic) bond motifs is 1. The molecule has 0 bridgehead atoms. The van der Waals surface area contributed by atoms with Gasteiger partial charge in [0.15, 0.2) is 0 Å². The van der Waals surface area contributed by atoms with Gasteiger partial charge < -0.3 is 15.4 Å². The van der Waals surface area contributed by atoms with Gasteiger partial charge in [-0.15, -0.1) is 0 Å². The molecule has 0 fully saturated rings. The molecule has 1 aliphatic rings. The quantitative estimate of drug-likeness (QED) is 0.707. The minimum absolute atomic E-state index is 0.0636. The molecule has 0 saturated carbocycles. The van der Waals surface area contributed by atoms with Crippen LogP contribution in [0.3, 0.4) is 0 Å². The zero-order chi connectivity index (χ0) is 14.4. The van der Waals surface area contributed by atoms with Crippen LogP contribution in [0, 0.1) is 0 Å². The first-order valence-corrected chi connectivity index (χ1v) is 7.30. The second-order valence-corrected chi connectivity index (χ2v) is 5.37. The van der Waals surface area contributed by atoms with Crippen LogP contribution in [0.25, 0.3) is 0 Å². The second-order valence-electron chi connectivity index (χ2n) is 5.37. The molecule has 1 amide bonds. The second kappa shape index (κ2) is 7.41. The molecule has 0 radical (unpaired) electrons. The lowest BCUT2D eigenvalue weighted by molar-refractivity contribution is -0.122. The summed E-state index contributed by atoms with van der Waals surface area (Å²) >= 11 is 0. The van der Waals surface area contributed by atoms with Gasteiger partial charge in [0, 0.05) is 32.7 Å². The maximum atomic E-state index is 11.9. The van der Waals surface area contributed by atoms with Crippen molar-refractivity contribution < 1.29 is 9.53 Å². The average Bonchev–Trinajstić information content (AvgIpc) is 2.44. The molecular formula is C16H24N2O2. The van der Waals surface area contributed by atoms with Crippen LogP contribution in [0.4, 0.5) is 0 Å². The Bertz CT molecular complexity index is 448. The number of amides is 1. The molecule has 0 aromatic heterocycles. The SMILES string of the molecule is COCCCNC(=O)C(C)NCC1Cc2ccccc21. The summed E-state index contributed by atoms with van der Waals surface area (Å²) < 4.78 is 4.95. The van der Waals surface area contributed by atoms with Gasteiger partial charge in [-0.3, -0.25) is 4.79 Å². The topological polar surface area (TPSA) is 50.4 Å². The number of methoxy groups -OCH3 is 1. The Balaban J connectivity index is 1.66. The highest BCUT2D eigenvalue weighted by atomic mass is 16.5. The molecule has 0 saturated heterocycles. The van der Waals surface area contributed by atoms with Crippen LogP contribution < -0.4 is 10.6 Å². The molecule has 20 heavy (non-hydrogen) atoms. The minimum atomic E-state index is -0.148. The van der Waals surface area contributed by atoms with Crippen LogP contribution in [0.2, 0.25) is 0 Å². The van der Waals surface area contributed by atoms with Gasteiger partial charge in [0.05, 0.1) is 6.04 Å². The highest BCUT2D eigenvalue weighted by Gasteiger charge is 2.25. The first-order valence-electron chi connectivity index (χ1n) is 7.30. The normalized spacial score (nSPS) is 18.0. The van der Waals surface area contributed by atoms with Crippen molar-refractivity contribution in [3.8, 4) is 0 Å². The lowest BCUT2D eigenvalue weighted by Crippen LogP contribution is -2.45. The van der Waals surface area contributed by atoms with Crippen molar-refractivity contribution in [3.63, 3.8) is 0 Å². The number of nitrogens with one attached hydrogen (secondary N) is 2. The summed E-state index contributed by atoms with van der Waals surface area (Å²) in [4.78, 5) is 11.9. The molecule has 2 rings (SSSR count). The van der Waals surface area contributed by atoms with Gasteiger partial charge >= 0.3 is 0 Å². The highest BCUT2D eigenvalue weighted by Crippen LogP contribution is 2.33. The Morgan fingerprint density at radius 2 is 2.25 bits per heavy atom. The fourth-order valence-electron chi connectivity index (χ4n) is 2.54. The standard InChI is InChI=1S/C16H24N2O2/c1-12(16(19)17-8-5-9-20-2)18-11-14-10-13-6-3-4-7-15(13)14/h3-4,6-7,12,14,18H,5,8-11H2,1-2H3,(H,17,19). The molecule has 2 N–H and O–H groups in total. The van der Waals surface area contributed by atoms with E-state index in [-0.39, 0.29) is 11.9 Å². The first kappa shape index (κ1) is 15.0. The van der Waals surface area contributed by atoms with E-state index < -0.39 is 0 Å². The Morgan fingerprint density at radius 1 is 1.45 bits per heavy atom. The Kier molecular flexibility index (Phi) is 5.56. The van der Waals surface area contributed by atoms with Gasteiger partial charge in [-0.1, -0.05) is 24.3 Å². The van der Waals surface area contributed by atoms with E-state index in [9.17, 15) is 4.79 Å². The van der Waals surface area contributed by atoms with E-state index in [1.54, 1.807) is 7.11 Å². The fourth-order valence-corrected chi connectivity index (χ4v) is 2.54. The van der Waals surface area contributed by atoms with Crippen molar-refractivity contribution in [1.82, 2.24) is 10.6 Å². The van der Waals surface area contributed by atoms with Crippen LogP contribution >= 0.6 is 0 Å². The molecule has 1 aromatic rings. The molecular weight excluding hydrogens is 252 g/mol.